The van der Waals surface area contributed by atoms with Crippen molar-refractivity contribution in [3.8, 4) is 0 Å². The minimum atomic E-state index is -0.493. The molecule has 0 aliphatic heterocycles. The van der Waals surface area contributed by atoms with Gasteiger partial charge in [0.1, 0.15) is 11.6 Å². The molecular formula is C27H30FN5O3. The van der Waals surface area contributed by atoms with E-state index < -0.39 is 5.91 Å². The molecule has 0 atom stereocenters. The average Bonchev–Trinajstić information content (AvgIpc) is 2.89. The maximum absolute atomic E-state index is 13.5. The summed E-state index contributed by atoms with van der Waals surface area (Å²) >= 11 is 0. The van der Waals surface area contributed by atoms with E-state index in [4.69, 9.17) is 15.5 Å². The van der Waals surface area contributed by atoms with Crippen molar-refractivity contribution in [1.82, 2.24) is 15.3 Å². The Labute approximate surface area is 208 Å². The number of aromatic nitrogens is 2. The molecule has 188 valence electrons. The lowest BCUT2D eigenvalue weighted by Crippen LogP contribution is -2.16. The molecule has 5 N–H and O–H groups in total. The van der Waals surface area contributed by atoms with Crippen LogP contribution in [-0.2, 0) is 17.9 Å². The third-order valence-electron chi connectivity index (χ3n) is 5.84. The molecule has 36 heavy (non-hydrogen) atoms. The van der Waals surface area contributed by atoms with Crippen LogP contribution in [0.5, 0.6) is 0 Å². The number of unbranched alkanes of at least 4 members (excludes halogenated alkanes) is 1. The van der Waals surface area contributed by atoms with Gasteiger partial charge in [-0.25, -0.2) is 9.37 Å². The van der Waals surface area contributed by atoms with Crippen LogP contribution in [0.1, 0.15) is 34.3 Å². The third kappa shape index (κ3) is 6.51. The first kappa shape index (κ1) is 25.4. The van der Waals surface area contributed by atoms with Crippen LogP contribution in [0.2, 0.25) is 0 Å². The second-order valence-corrected chi connectivity index (χ2v) is 8.53. The zero-order valence-electron chi connectivity index (χ0n) is 20.0. The standard InChI is InChI=1S/C27H30FN5O3/c28-21-12-18(11-19(13-21)17-34)15-30-6-1-2-9-36-10-8-32-27-23-5-7-31-16-24(23)22-4-3-20(26(29)35)14-25(22)33-27/h3-5,7,11-14,16,30,34H,1-2,6,8-10,15,17H2,(H2,29,35)(H,32,33). The number of halogens is 1. The zero-order valence-corrected chi connectivity index (χ0v) is 20.0. The van der Waals surface area contributed by atoms with E-state index in [1.54, 1.807) is 30.6 Å². The molecule has 9 heteroatoms. The number of aliphatic hydroxyl groups is 1. The predicted octanol–water partition coefficient (Wildman–Crippen LogP) is 3.51. The normalized spacial score (nSPS) is 11.3. The van der Waals surface area contributed by atoms with Crippen LogP contribution in [0.3, 0.4) is 0 Å². The minimum Gasteiger partial charge on any atom is -0.392 e. The molecule has 0 saturated carbocycles. The number of pyridine rings is 2. The van der Waals surface area contributed by atoms with E-state index in [1.165, 1.54) is 12.1 Å². The Balaban J connectivity index is 1.20. The van der Waals surface area contributed by atoms with E-state index in [2.05, 4.69) is 15.6 Å². The highest BCUT2D eigenvalue weighted by molar-refractivity contribution is 6.11. The summed E-state index contributed by atoms with van der Waals surface area (Å²) in [5, 5.41) is 18.6. The fourth-order valence-corrected chi connectivity index (χ4v) is 4.08. The average molecular weight is 492 g/mol. The molecule has 1 amide bonds. The van der Waals surface area contributed by atoms with Crippen LogP contribution in [-0.4, -0.2) is 47.3 Å². The molecular weight excluding hydrogens is 461 g/mol. The van der Waals surface area contributed by atoms with Gasteiger partial charge >= 0.3 is 0 Å². The second-order valence-electron chi connectivity index (χ2n) is 8.53. The van der Waals surface area contributed by atoms with Crippen LogP contribution in [0.4, 0.5) is 10.2 Å². The molecule has 0 unspecified atom stereocenters. The summed E-state index contributed by atoms with van der Waals surface area (Å²) < 4.78 is 19.3. The van der Waals surface area contributed by atoms with Gasteiger partial charge < -0.3 is 26.2 Å². The molecule has 0 aliphatic carbocycles. The number of primary amides is 1. The number of amides is 1. The van der Waals surface area contributed by atoms with Crippen LogP contribution in [0, 0.1) is 5.82 Å². The van der Waals surface area contributed by atoms with Crippen molar-refractivity contribution in [2.75, 3.05) is 31.6 Å². The third-order valence-corrected chi connectivity index (χ3v) is 5.84. The lowest BCUT2D eigenvalue weighted by atomic mass is 10.1. The lowest BCUT2D eigenvalue weighted by molar-refractivity contribution is 0.100. The number of benzene rings is 2. The quantitative estimate of drug-likeness (QED) is 0.167. The number of nitrogens with zero attached hydrogens (tertiary/aromatic N) is 2. The molecule has 8 nitrogen and oxygen atoms in total. The van der Waals surface area contributed by atoms with Crippen LogP contribution in [0.25, 0.3) is 21.7 Å². The summed E-state index contributed by atoms with van der Waals surface area (Å²) in [6.45, 7) is 2.91. The number of nitrogens with one attached hydrogen (secondary N) is 2. The Morgan fingerprint density at radius 3 is 2.69 bits per heavy atom. The van der Waals surface area contributed by atoms with Gasteiger partial charge in [0.05, 0.1) is 18.7 Å². The van der Waals surface area contributed by atoms with Crippen molar-refractivity contribution in [1.29, 1.82) is 0 Å². The number of hydrogen-bond acceptors (Lipinski definition) is 7. The molecule has 0 aliphatic rings. The van der Waals surface area contributed by atoms with Gasteiger partial charge in [-0.2, -0.15) is 0 Å². The molecule has 0 bridgehead atoms. The fourth-order valence-electron chi connectivity index (χ4n) is 4.08. The molecule has 0 radical (unpaired) electrons. The Morgan fingerprint density at radius 1 is 1.00 bits per heavy atom. The smallest absolute Gasteiger partial charge is 0.248 e. The number of fused-ring (bicyclic) bond motifs is 3. The number of ether oxygens (including phenoxy) is 1. The van der Waals surface area contributed by atoms with Gasteiger partial charge in [-0.1, -0.05) is 12.1 Å². The van der Waals surface area contributed by atoms with Crippen molar-refractivity contribution in [3.63, 3.8) is 0 Å². The maximum atomic E-state index is 13.5. The number of aliphatic hydroxyl groups excluding tert-OH is 1. The highest BCUT2D eigenvalue weighted by atomic mass is 19.1. The van der Waals surface area contributed by atoms with Crippen LogP contribution >= 0.6 is 0 Å². The summed E-state index contributed by atoms with van der Waals surface area (Å²) in [6, 6.07) is 11.8. The number of nitrogens with two attached hydrogens (primary N) is 1. The van der Waals surface area contributed by atoms with Crippen molar-refractivity contribution < 1.29 is 19.0 Å². The molecule has 4 aromatic rings. The molecule has 0 spiro atoms. The number of rotatable bonds is 13. The Kier molecular flexibility index (Phi) is 8.72. The van der Waals surface area contributed by atoms with E-state index in [0.717, 1.165) is 41.1 Å². The first-order valence-corrected chi connectivity index (χ1v) is 11.9. The van der Waals surface area contributed by atoms with Gasteiger partial charge in [-0.3, -0.25) is 9.78 Å². The van der Waals surface area contributed by atoms with Crippen molar-refractivity contribution in [2.24, 2.45) is 5.73 Å². The van der Waals surface area contributed by atoms with Crippen molar-refractivity contribution >= 4 is 33.4 Å². The van der Waals surface area contributed by atoms with E-state index in [0.29, 0.717) is 48.8 Å². The summed E-state index contributed by atoms with van der Waals surface area (Å²) in [7, 11) is 0. The summed E-state index contributed by atoms with van der Waals surface area (Å²) in [6.07, 6.45) is 5.35. The topological polar surface area (TPSA) is 122 Å². The molecule has 0 saturated heterocycles. The fraction of sp³-hybridized carbons (Fsp3) is 0.296. The molecule has 2 aromatic heterocycles. The van der Waals surface area contributed by atoms with Gasteiger partial charge in [0.25, 0.3) is 0 Å². The van der Waals surface area contributed by atoms with Crippen LogP contribution in [0.15, 0.2) is 54.9 Å². The van der Waals surface area contributed by atoms with E-state index >= 15 is 0 Å². The predicted molar refractivity (Wildman–Crippen MR) is 138 cm³/mol. The highest BCUT2D eigenvalue weighted by Crippen LogP contribution is 2.29. The Morgan fingerprint density at radius 2 is 1.86 bits per heavy atom. The van der Waals surface area contributed by atoms with Gasteiger partial charge in [0, 0.05) is 53.8 Å². The van der Waals surface area contributed by atoms with Gasteiger partial charge in [0.15, 0.2) is 0 Å². The SMILES string of the molecule is NC(=O)c1ccc2c(c1)nc(NCCOCCCCNCc1cc(F)cc(CO)c1)c1ccncc12. The molecule has 4 rings (SSSR count). The second kappa shape index (κ2) is 12.3. The summed E-state index contributed by atoms with van der Waals surface area (Å²) in [5.74, 6) is -0.122. The molecule has 0 fully saturated rings. The van der Waals surface area contributed by atoms with E-state index in [9.17, 15) is 14.3 Å². The number of hydrogen-bond donors (Lipinski definition) is 4. The van der Waals surface area contributed by atoms with Gasteiger partial charge in [-0.15, -0.1) is 0 Å². The minimum absolute atomic E-state index is 0.169. The number of carbonyl (C=O) groups excluding carboxylic acids is 1. The van der Waals surface area contributed by atoms with Gasteiger partial charge in [-0.05, 0) is 60.8 Å². The number of anilines is 1. The zero-order chi connectivity index (χ0) is 25.3. The van der Waals surface area contributed by atoms with Crippen molar-refractivity contribution in [3.05, 3.63) is 77.4 Å². The Hall–Kier alpha value is -3.66. The largest absolute Gasteiger partial charge is 0.392 e. The van der Waals surface area contributed by atoms with Crippen LogP contribution < -0.4 is 16.4 Å². The lowest BCUT2D eigenvalue weighted by Gasteiger charge is -2.12. The summed E-state index contributed by atoms with van der Waals surface area (Å²) in [5.41, 5.74) is 7.90. The van der Waals surface area contributed by atoms with Crippen molar-refractivity contribution in [2.45, 2.75) is 26.0 Å². The molecule has 2 heterocycles. The van der Waals surface area contributed by atoms with E-state index in [-0.39, 0.29) is 12.4 Å². The number of carbonyl (C=O) groups is 1. The molecule has 2 aromatic carbocycles. The summed E-state index contributed by atoms with van der Waals surface area (Å²) in [4.78, 5) is 20.5. The Bertz CT molecular complexity index is 1350. The monoisotopic (exact) mass is 491 g/mol. The van der Waals surface area contributed by atoms with E-state index in [1.807, 2.05) is 12.1 Å². The van der Waals surface area contributed by atoms with Gasteiger partial charge in [0.2, 0.25) is 5.91 Å². The first-order chi connectivity index (χ1) is 17.5. The highest BCUT2D eigenvalue weighted by Gasteiger charge is 2.10. The first-order valence-electron chi connectivity index (χ1n) is 11.9. The maximum Gasteiger partial charge on any atom is 0.248 e.